The van der Waals surface area contributed by atoms with Crippen LogP contribution in [0, 0.1) is 17.3 Å². The molecule has 0 bridgehead atoms. The first-order valence-electron chi connectivity index (χ1n) is 8.09. The zero-order valence-corrected chi connectivity index (χ0v) is 12.2. The van der Waals surface area contributed by atoms with Crippen LogP contribution >= 0.6 is 0 Å². The van der Waals surface area contributed by atoms with E-state index < -0.39 is 0 Å². The third-order valence-electron chi connectivity index (χ3n) is 6.66. The van der Waals surface area contributed by atoms with E-state index >= 15 is 0 Å². The molecule has 0 heterocycles. The van der Waals surface area contributed by atoms with Gasteiger partial charge in [0.2, 0.25) is 0 Å². The number of aromatic hydroxyl groups is 1. The van der Waals surface area contributed by atoms with E-state index in [-0.39, 0.29) is 11.5 Å². The zero-order valence-electron chi connectivity index (χ0n) is 12.2. The van der Waals surface area contributed by atoms with Gasteiger partial charge < -0.3 is 10.2 Å². The summed E-state index contributed by atoms with van der Waals surface area (Å²) in [5, 5.41) is 20.2. The second kappa shape index (κ2) is 4.24. The van der Waals surface area contributed by atoms with Crippen molar-refractivity contribution < 1.29 is 10.2 Å². The van der Waals surface area contributed by atoms with E-state index in [9.17, 15) is 10.2 Å². The molecule has 108 valence electrons. The molecule has 2 saturated carbocycles. The number of phenols is 1. The van der Waals surface area contributed by atoms with Crippen molar-refractivity contribution in [2.75, 3.05) is 0 Å². The van der Waals surface area contributed by atoms with Gasteiger partial charge in [-0.25, -0.2) is 0 Å². The number of hydrogen-bond acceptors (Lipinski definition) is 2. The fourth-order valence-corrected chi connectivity index (χ4v) is 5.53. The van der Waals surface area contributed by atoms with Crippen LogP contribution in [0.15, 0.2) is 18.2 Å². The Bertz CT molecular complexity index is 538. The third kappa shape index (κ3) is 1.60. The van der Waals surface area contributed by atoms with Crippen molar-refractivity contribution in [3.63, 3.8) is 0 Å². The molecule has 0 aromatic heterocycles. The van der Waals surface area contributed by atoms with E-state index in [1.165, 1.54) is 30.4 Å². The highest BCUT2D eigenvalue weighted by atomic mass is 16.3. The number of benzene rings is 1. The molecule has 1 aromatic carbocycles. The number of phenolic OH excluding ortho intramolecular Hbond substituents is 1. The van der Waals surface area contributed by atoms with Crippen LogP contribution in [-0.4, -0.2) is 16.3 Å². The number of fused-ring (bicyclic) bond motifs is 5. The van der Waals surface area contributed by atoms with Crippen LogP contribution < -0.4 is 0 Å². The maximum Gasteiger partial charge on any atom is 0.115 e. The number of aryl methyl sites for hydroxylation is 1. The first-order chi connectivity index (χ1) is 9.59. The predicted octanol–water partition coefficient (Wildman–Crippen LogP) is 3.61. The van der Waals surface area contributed by atoms with Crippen LogP contribution in [0.3, 0.4) is 0 Å². The van der Waals surface area contributed by atoms with Crippen molar-refractivity contribution in [2.24, 2.45) is 17.3 Å². The number of aliphatic hydroxyl groups is 1. The second-order valence-electron chi connectivity index (χ2n) is 7.44. The maximum atomic E-state index is 10.4. The predicted molar refractivity (Wildman–Crippen MR) is 78.7 cm³/mol. The quantitative estimate of drug-likeness (QED) is 0.757. The Hall–Kier alpha value is -1.02. The van der Waals surface area contributed by atoms with Gasteiger partial charge >= 0.3 is 0 Å². The molecule has 1 aromatic rings. The molecule has 5 atom stereocenters. The van der Waals surface area contributed by atoms with Gasteiger partial charge in [-0.05, 0) is 85.0 Å². The Balaban J connectivity index is 1.73. The van der Waals surface area contributed by atoms with Crippen molar-refractivity contribution in [2.45, 2.75) is 57.5 Å². The van der Waals surface area contributed by atoms with Gasteiger partial charge in [0.05, 0.1) is 6.10 Å². The molecule has 4 rings (SSSR count). The fraction of sp³-hybridized carbons (Fsp3) is 0.667. The summed E-state index contributed by atoms with van der Waals surface area (Å²) in [6, 6.07) is 5.93. The number of hydrogen-bond donors (Lipinski definition) is 2. The average Bonchev–Trinajstić information content (AvgIpc) is 2.74. The minimum absolute atomic E-state index is 0.0981. The Morgan fingerprint density at radius 1 is 1.15 bits per heavy atom. The van der Waals surface area contributed by atoms with E-state index in [1.54, 1.807) is 0 Å². The summed E-state index contributed by atoms with van der Waals surface area (Å²) in [7, 11) is 0. The molecule has 2 N–H and O–H groups in total. The summed E-state index contributed by atoms with van der Waals surface area (Å²) in [6.45, 7) is 2.31. The number of aliphatic hydroxyl groups excluding tert-OH is 1. The van der Waals surface area contributed by atoms with Crippen molar-refractivity contribution in [1.29, 1.82) is 0 Å². The molecule has 0 spiro atoms. The molecule has 20 heavy (non-hydrogen) atoms. The molecule has 3 aliphatic carbocycles. The summed E-state index contributed by atoms with van der Waals surface area (Å²) in [4.78, 5) is 0. The van der Waals surface area contributed by atoms with Crippen molar-refractivity contribution in [1.82, 2.24) is 0 Å². The van der Waals surface area contributed by atoms with E-state index in [4.69, 9.17) is 0 Å². The molecule has 0 aliphatic heterocycles. The van der Waals surface area contributed by atoms with Crippen molar-refractivity contribution >= 4 is 0 Å². The lowest BCUT2D eigenvalue weighted by Gasteiger charge is -2.50. The topological polar surface area (TPSA) is 40.5 Å². The summed E-state index contributed by atoms with van der Waals surface area (Å²) in [5.41, 5.74) is 2.98. The van der Waals surface area contributed by atoms with Gasteiger partial charge in [-0.3, -0.25) is 0 Å². The third-order valence-corrected chi connectivity index (χ3v) is 6.66. The van der Waals surface area contributed by atoms with Gasteiger partial charge in [0, 0.05) is 0 Å². The molecule has 0 unspecified atom stereocenters. The highest BCUT2D eigenvalue weighted by Gasteiger charge is 2.54. The Labute approximate surface area is 120 Å². The van der Waals surface area contributed by atoms with Gasteiger partial charge in [0.15, 0.2) is 0 Å². The molecule has 0 saturated heterocycles. The van der Waals surface area contributed by atoms with Gasteiger partial charge in [0.25, 0.3) is 0 Å². The number of rotatable bonds is 0. The first-order valence-corrected chi connectivity index (χ1v) is 8.09. The van der Waals surface area contributed by atoms with Gasteiger partial charge in [-0.1, -0.05) is 13.0 Å². The van der Waals surface area contributed by atoms with Crippen LogP contribution in [-0.2, 0) is 6.42 Å². The summed E-state index contributed by atoms with van der Waals surface area (Å²) in [5.74, 6) is 2.39. The molecule has 2 heteroatoms. The van der Waals surface area contributed by atoms with Crippen LogP contribution in [0.5, 0.6) is 5.75 Å². The van der Waals surface area contributed by atoms with Crippen LogP contribution in [0.4, 0.5) is 0 Å². The van der Waals surface area contributed by atoms with Gasteiger partial charge in [-0.2, -0.15) is 0 Å². The molecular weight excluding hydrogens is 248 g/mol. The molecule has 2 nitrogen and oxygen atoms in total. The molecule has 3 aliphatic rings. The Kier molecular flexibility index (Phi) is 2.69. The smallest absolute Gasteiger partial charge is 0.115 e. The van der Waals surface area contributed by atoms with E-state index in [1.807, 2.05) is 12.1 Å². The molecule has 2 fully saturated rings. The van der Waals surface area contributed by atoms with Gasteiger partial charge in [0.1, 0.15) is 5.75 Å². The lowest BCUT2D eigenvalue weighted by molar-refractivity contribution is -0.0226. The van der Waals surface area contributed by atoms with Crippen LogP contribution in [0.2, 0.25) is 0 Å². The molecule has 0 amide bonds. The Morgan fingerprint density at radius 3 is 2.85 bits per heavy atom. The minimum atomic E-state index is -0.0981. The highest BCUT2D eigenvalue weighted by Crippen LogP contribution is 2.60. The average molecular weight is 272 g/mol. The van der Waals surface area contributed by atoms with Gasteiger partial charge in [-0.15, -0.1) is 0 Å². The minimum Gasteiger partial charge on any atom is -0.508 e. The lowest BCUT2D eigenvalue weighted by atomic mass is 9.55. The fourth-order valence-electron chi connectivity index (χ4n) is 5.53. The standard InChI is InChI=1S/C18H24O2/c1-18-9-8-13-14(16(18)6-7-17(18)20)5-3-11-2-4-12(19)10-15(11)13/h2,4,10,13-14,16-17,19-20H,3,5-9H2,1H3/t13-,14+,16+,17+,18-/m1/s1. The normalized spacial score (nSPS) is 42.7. The lowest BCUT2D eigenvalue weighted by Crippen LogP contribution is -2.43. The van der Waals surface area contributed by atoms with Crippen LogP contribution in [0.1, 0.15) is 56.1 Å². The maximum absolute atomic E-state index is 10.4. The summed E-state index contributed by atoms with van der Waals surface area (Å²) >= 11 is 0. The van der Waals surface area contributed by atoms with Crippen molar-refractivity contribution in [3.8, 4) is 5.75 Å². The Morgan fingerprint density at radius 2 is 2.00 bits per heavy atom. The molecular formula is C18H24O2. The SMILES string of the molecule is C[C@@]12CC[C@H]3c4cc(O)ccc4CC[C@@H]3[C@@H]1CC[C@@H]2O. The summed E-state index contributed by atoms with van der Waals surface area (Å²) in [6.07, 6.45) is 6.78. The van der Waals surface area contributed by atoms with Crippen LogP contribution in [0.25, 0.3) is 0 Å². The van der Waals surface area contributed by atoms with Crippen molar-refractivity contribution in [3.05, 3.63) is 29.3 Å². The van der Waals surface area contributed by atoms with E-state index in [0.29, 0.717) is 23.5 Å². The molecule has 0 radical (unpaired) electrons. The second-order valence-corrected chi connectivity index (χ2v) is 7.44. The van der Waals surface area contributed by atoms with E-state index in [0.717, 1.165) is 19.3 Å². The highest BCUT2D eigenvalue weighted by molar-refractivity contribution is 5.40. The largest absolute Gasteiger partial charge is 0.508 e. The first kappa shape index (κ1) is 12.7. The van der Waals surface area contributed by atoms with E-state index in [2.05, 4.69) is 13.0 Å². The monoisotopic (exact) mass is 272 g/mol. The zero-order chi connectivity index (χ0) is 13.9. The summed E-state index contributed by atoms with van der Waals surface area (Å²) < 4.78 is 0.